The van der Waals surface area contributed by atoms with E-state index in [9.17, 15) is 9.18 Å². The molecule has 30 heavy (non-hydrogen) atoms. The van der Waals surface area contributed by atoms with Crippen LogP contribution >= 0.6 is 11.6 Å². The van der Waals surface area contributed by atoms with E-state index >= 15 is 0 Å². The zero-order valence-corrected chi connectivity index (χ0v) is 17.7. The molecule has 0 atom stereocenters. The molecule has 2 aromatic carbocycles. The number of amides is 1. The van der Waals surface area contributed by atoms with Crippen molar-refractivity contribution in [3.63, 3.8) is 0 Å². The third kappa shape index (κ3) is 4.11. The lowest BCUT2D eigenvalue weighted by molar-refractivity contribution is 0.0626. The van der Waals surface area contributed by atoms with Crippen LogP contribution < -0.4 is 4.74 Å². The van der Waals surface area contributed by atoms with Crippen LogP contribution in [0.25, 0.3) is 10.9 Å². The van der Waals surface area contributed by atoms with Crippen LogP contribution in [0.4, 0.5) is 4.39 Å². The Balaban J connectivity index is 1.47. The highest BCUT2D eigenvalue weighted by atomic mass is 35.5. The number of methoxy groups -OCH3 is 1. The maximum Gasteiger partial charge on any atom is 0.255 e. The standard InChI is InChI=1S/C23H23ClFN3O2/c1-15-18(13-16-12-17(30-2)6-7-22(16)26-15)23(29)28-10-8-27(9-11-28)14-19-20(24)4-3-5-21(19)25/h3-7,12-13H,8-11,14H2,1-2H3. The first-order valence-corrected chi connectivity index (χ1v) is 10.2. The van der Waals surface area contributed by atoms with E-state index in [4.69, 9.17) is 16.3 Å². The van der Waals surface area contributed by atoms with Gasteiger partial charge in [-0.1, -0.05) is 17.7 Å². The summed E-state index contributed by atoms with van der Waals surface area (Å²) in [5, 5.41) is 1.30. The maximum absolute atomic E-state index is 14.1. The van der Waals surface area contributed by atoms with Crippen molar-refractivity contribution in [2.24, 2.45) is 0 Å². The van der Waals surface area contributed by atoms with Crippen LogP contribution in [0.2, 0.25) is 5.02 Å². The first-order valence-electron chi connectivity index (χ1n) is 9.86. The number of hydrogen-bond acceptors (Lipinski definition) is 4. The van der Waals surface area contributed by atoms with Gasteiger partial charge in [-0.25, -0.2) is 4.39 Å². The molecule has 0 spiro atoms. The molecule has 0 N–H and O–H groups in total. The van der Waals surface area contributed by atoms with Gasteiger partial charge in [0.05, 0.1) is 23.9 Å². The summed E-state index contributed by atoms with van der Waals surface area (Å²) in [5.41, 5.74) is 2.64. The molecule has 2 heterocycles. The molecular formula is C23H23ClFN3O2. The molecule has 5 nitrogen and oxygen atoms in total. The van der Waals surface area contributed by atoms with E-state index in [0.29, 0.717) is 54.6 Å². The monoisotopic (exact) mass is 427 g/mol. The quantitative estimate of drug-likeness (QED) is 0.622. The highest BCUT2D eigenvalue weighted by Crippen LogP contribution is 2.24. The van der Waals surface area contributed by atoms with Gasteiger partial charge in [-0.15, -0.1) is 0 Å². The Hall–Kier alpha value is -2.70. The molecule has 156 valence electrons. The average Bonchev–Trinajstić information content (AvgIpc) is 2.75. The summed E-state index contributed by atoms with van der Waals surface area (Å²) in [4.78, 5) is 21.7. The van der Waals surface area contributed by atoms with Gasteiger partial charge >= 0.3 is 0 Å². The normalized spacial score (nSPS) is 14.9. The average molecular weight is 428 g/mol. The second-order valence-corrected chi connectivity index (χ2v) is 7.86. The lowest BCUT2D eigenvalue weighted by Gasteiger charge is -2.35. The number of aromatic nitrogens is 1. The topological polar surface area (TPSA) is 45.7 Å². The fraction of sp³-hybridized carbons (Fsp3) is 0.304. The van der Waals surface area contributed by atoms with E-state index in [0.717, 1.165) is 16.7 Å². The van der Waals surface area contributed by atoms with Crippen LogP contribution in [0.3, 0.4) is 0 Å². The number of carbonyl (C=O) groups excluding carboxylic acids is 1. The Bertz CT molecular complexity index is 1080. The SMILES string of the molecule is COc1ccc2nc(C)c(C(=O)N3CCN(Cc4c(F)cccc4Cl)CC3)cc2c1. The lowest BCUT2D eigenvalue weighted by atomic mass is 10.1. The first-order chi connectivity index (χ1) is 14.5. The first kappa shape index (κ1) is 20.6. The minimum absolute atomic E-state index is 0.0340. The molecule has 1 aliphatic heterocycles. The van der Waals surface area contributed by atoms with Gasteiger partial charge in [-0.2, -0.15) is 0 Å². The van der Waals surface area contributed by atoms with Crippen LogP contribution in [0, 0.1) is 12.7 Å². The van der Waals surface area contributed by atoms with Crippen molar-refractivity contribution in [3.05, 3.63) is 70.1 Å². The van der Waals surface area contributed by atoms with Gasteiger partial charge in [0, 0.05) is 48.7 Å². The lowest BCUT2D eigenvalue weighted by Crippen LogP contribution is -2.48. The van der Waals surface area contributed by atoms with Gasteiger partial charge in [0.2, 0.25) is 0 Å². The number of piperazine rings is 1. The van der Waals surface area contributed by atoms with Crippen LogP contribution in [-0.2, 0) is 6.54 Å². The summed E-state index contributed by atoms with van der Waals surface area (Å²) in [6, 6.07) is 12.2. The smallest absolute Gasteiger partial charge is 0.255 e. The summed E-state index contributed by atoms with van der Waals surface area (Å²) in [6.45, 7) is 4.74. The Morgan fingerprint density at radius 1 is 1.17 bits per heavy atom. The van der Waals surface area contributed by atoms with Crippen LogP contribution in [-0.4, -0.2) is 54.0 Å². The van der Waals surface area contributed by atoms with E-state index in [1.54, 1.807) is 19.2 Å². The number of rotatable bonds is 4. The largest absolute Gasteiger partial charge is 0.497 e. The van der Waals surface area contributed by atoms with E-state index < -0.39 is 0 Å². The zero-order chi connectivity index (χ0) is 21.3. The molecule has 1 amide bonds. The summed E-state index contributed by atoms with van der Waals surface area (Å²) in [7, 11) is 1.61. The molecular weight excluding hydrogens is 405 g/mol. The molecule has 0 saturated carbocycles. The summed E-state index contributed by atoms with van der Waals surface area (Å²) in [6.07, 6.45) is 0. The van der Waals surface area contributed by atoms with Crippen LogP contribution in [0.15, 0.2) is 42.5 Å². The summed E-state index contributed by atoms with van der Waals surface area (Å²) < 4.78 is 19.3. The zero-order valence-electron chi connectivity index (χ0n) is 17.0. The second-order valence-electron chi connectivity index (χ2n) is 7.45. The third-order valence-corrected chi connectivity index (χ3v) is 5.90. The van der Waals surface area contributed by atoms with Crippen molar-refractivity contribution in [1.82, 2.24) is 14.8 Å². The Morgan fingerprint density at radius 2 is 1.93 bits per heavy atom. The van der Waals surface area contributed by atoms with E-state index in [-0.39, 0.29) is 11.7 Å². The molecule has 1 aromatic heterocycles. The Labute approximate surface area is 180 Å². The van der Waals surface area contributed by atoms with Gasteiger partial charge in [0.15, 0.2) is 0 Å². The predicted octanol–water partition coefficient (Wildman–Crippen LogP) is 4.30. The van der Waals surface area contributed by atoms with Crippen molar-refractivity contribution < 1.29 is 13.9 Å². The molecule has 0 bridgehead atoms. The fourth-order valence-electron chi connectivity index (χ4n) is 3.78. The molecule has 0 unspecified atom stereocenters. The van der Waals surface area contributed by atoms with Crippen molar-refractivity contribution in [1.29, 1.82) is 0 Å². The van der Waals surface area contributed by atoms with E-state index in [1.165, 1.54) is 6.07 Å². The number of halogens is 2. The number of nitrogens with zero attached hydrogens (tertiary/aromatic N) is 3. The summed E-state index contributed by atoms with van der Waals surface area (Å²) in [5.74, 6) is 0.398. The molecule has 0 aliphatic carbocycles. The number of ether oxygens (including phenoxy) is 1. The molecule has 1 saturated heterocycles. The molecule has 1 aliphatic rings. The van der Waals surface area contributed by atoms with Gasteiger partial charge in [0.25, 0.3) is 5.91 Å². The van der Waals surface area contributed by atoms with E-state index in [2.05, 4.69) is 9.88 Å². The molecule has 4 rings (SSSR count). The fourth-order valence-corrected chi connectivity index (χ4v) is 4.00. The van der Waals surface area contributed by atoms with Gasteiger partial charge < -0.3 is 9.64 Å². The summed E-state index contributed by atoms with van der Waals surface area (Å²) >= 11 is 6.15. The number of fused-ring (bicyclic) bond motifs is 1. The molecule has 0 radical (unpaired) electrons. The Morgan fingerprint density at radius 3 is 2.63 bits per heavy atom. The van der Waals surface area contributed by atoms with Crippen LogP contribution in [0.5, 0.6) is 5.75 Å². The number of carbonyl (C=O) groups is 1. The maximum atomic E-state index is 14.1. The number of hydrogen-bond donors (Lipinski definition) is 0. The minimum Gasteiger partial charge on any atom is -0.497 e. The van der Waals surface area contributed by atoms with Gasteiger partial charge in [-0.3, -0.25) is 14.7 Å². The second kappa shape index (κ2) is 8.58. The number of aryl methyl sites for hydroxylation is 1. The van der Waals surface area contributed by atoms with Gasteiger partial charge in [0.1, 0.15) is 11.6 Å². The van der Waals surface area contributed by atoms with Gasteiger partial charge in [-0.05, 0) is 43.3 Å². The molecule has 7 heteroatoms. The van der Waals surface area contributed by atoms with Crippen molar-refractivity contribution in [2.45, 2.75) is 13.5 Å². The molecule has 1 fully saturated rings. The number of pyridine rings is 1. The van der Waals surface area contributed by atoms with Crippen LogP contribution in [0.1, 0.15) is 21.6 Å². The highest BCUT2D eigenvalue weighted by Gasteiger charge is 2.25. The van der Waals surface area contributed by atoms with Crippen molar-refractivity contribution in [2.75, 3.05) is 33.3 Å². The van der Waals surface area contributed by atoms with E-state index in [1.807, 2.05) is 36.1 Å². The Kier molecular flexibility index (Phi) is 5.88. The van der Waals surface area contributed by atoms with Crippen molar-refractivity contribution >= 4 is 28.4 Å². The number of benzene rings is 2. The third-order valence-electron chi connectivity index (χ3n) is 5.55. The van der Waals surface area contributed by atoms with Crippen molar-refractivity contribution in [3.8, 4) is 5.75 Å². The predicted molar refractivity (Wildman–Crippen MR) is 116 cm³/mol. The highest BCUT2D eigenvalue weighted by molar-refractivity contribution is 6.31. The molecule has 3 aromatic rings. The minimum atomic E-state index is -0.297.